The van der Waals surface area contributed by atoms with Crippen LogP contribution in [-0.2, 0) is 5.41 Å². The number of fused-ring (bicyclic) bond motifs is 1. The van der Waals surface area contributed by atoms with Gasteiger partial charge in [0.15, 0.2) is 0 Å². The summed E-state index contributed by atoms with van der Waals surface area (Å²) in [5.74, 6) is -0.214. The molecule has 1 fully saturated rings. The average molecular weight is 216 g/mol. The number of rotatable bonds is 2. The van der Waals surface area contributed by atoms with E-state index in [9.17, 15) is 9.50 Å². The first-order valence-corrected chi connectivity index (χ1v) is 5.55. The zero-order valence-electron chi connectivity index (χ0n) is 8.91. The molecule has 0 aromatic heterocycles. The summed E-state index contributed by atoms with van der Waals surface area (Å²) in [5.41, 5.74) is 0.986. The highest BCUT2D eigenvalue weighted by molar-refractivity contribution is 5.87. The number of benzene rings is 2. The third-order valence-corrected chi connectivity index (χ3v) is 3.57. The molecule has 1 saturated carbocycles. The summed E-state index contributed by atoms with van der Waals surface area (Å²) in [6, 6.07) is 10.8. The van der Waals surface area contributed by atoms with Crippen molar-refractivity contribution in [2.24, 2.45) is 0 Å². The maximum atomic E-state index is 13.3. The molecular weight excluding hydrogens is 203 g/mol. The first-order chi connectivity index (χ1) is 7.75. The van der Waals surface area contributed by atoms with Gasteiger partial charge in [0, 0.05) is 5.41 Å². The molecule has 0 saturated heterocycles. The van der Waals surface area contributed by atoms with E-state index in [1.54, 1.807) is 12.1 Å². The standard InChI is InChI=1S/C14H13FO/c15-11-5-4-10-2-1-3-13(12(10)8-11)14(9-16)6-7-14/h1-5,8,16H,6-7,9H2. The molecule has 0 atom stereocenters. The van der Waals surface area contributed by atoms with Gasteiger partial charge < -0.3 is 5.11 Å². The van der Waals surface area contributed by atoms with E-state index >= 15 is 0 Å². The Morgan fingerprint density at radius 1 is 1.19 bits per heavy atom. The molecule has 0 spiro atoms. The number of hydrogen-bond acceptors (Lipinski definition) is 1. The fraction of sp³-hybridized carbons (Fsp3) is 0.286. The van der Waals surface area contributed by atoms with Gasteiger partial charge in [-0.2, -0.15) is 0 Å². The summed E-state index contributed by atoms with van der Waals surface area (Å²) in [6.45, 7) is 0.155. The predicted octanol–water partition coefficient (Wildman–Crippen LogP) is 3.00. The van der Waals surface area contributed by atoms with Crippen molar-refractivity contribution in [2.45, 2.75) is 18.3 Å². The summed E-state index contributed by atoms with van der Waals surface area (Å²) in [7, 11) is 0. The first kappa shape index (κ1) is 9.79. The zero-order chi connectivity index (χ0) is 11.2. The molecule has 2 heteroatoms. The molecule has 1 aliphatic rings. The Morgan fingerprint density at radius 3 is 2.69 bits per heavy atom. The molecule has 0 aliphatic heterocycles. The van der Waals surface area contributed by atoms with Gasteiger partial charge in [-0.3, -0.25) is 0 Å². The average Bonchev–Trinajstić information content (AvgIpc) is 3.09. The van der Waals surface area contributed by atoms with Crippen LogP contribution in [0.3, 0.4) is 0 Å². The Kier molecular flexibility index (Phi) is 2.01. The Morgan fingerprint density at radius 2 is 2.00 bits per heavy atom. The first-order valence-electron chi connectivity index (χ1n) is 5.55. The molecular formula is C14H13FO. The minimum absolute atomic E-state index is 0.104. The van der Waals surface area contributed by atoms with Gasteiger partial charge in [-0.05, 0) is 41.3 Å². The molecule has 1 N–H and O–H groups in total. The van der Waals surface area contributed by atoms with Crippen LogP contribution in [0, 0.1) is 5.82 Å². The van der Waals surface area contributed by atoms with E-state index in [1.807, 2.05) is 18.2 Å². The maximum Gasteiger partial charge on any atom is 0.123 e. The molecule has 0 radical (unpaired) electrons. The molecule has 1 aliphatic carbocycles. The quantitative estimate of drug-likeness (QED) is 0.818. The van der Waals surface area contributed by atoms with Gasteiger partial charge in [-0.1, -0.05) is 24.3 Å². The topological polar surface area (TPSA) is 20.2 Å². The molecule has 3 rings (SSSR count). The van der Waals surface area contributed by atoms with Gasteiger partial charge in [0.05, 0.1) is 6.61 Å². The van der Waals surface area contributed by atoms with E-state index in [1.165, 1.54) is 6.07 Å². The summed E-state index contributed by atoms with van der Waals surface area (Å²) < 4.78 is 13.3. The number of aliphatic hydroxyl groups excluding tert-OH is 1. The van der Waals surface area contributed by atoms with Crippen molar-refractivity contribution >= 4 is 10.8 Å². The van der Waals surface area contributed by atoms with E-state index in [4.69, 9.17) is 0 Å². The number of hydrogen-bond donors (Lipinski definition) is 1. The number of aliphatic hydroxyl groups is 1. The van der Waals surface area contributed by atoms with Gasteiger partial charge in [0.2, 0.25) is 0 Å². The van der Waals surface area contributed by atoms with E-state index in [2.05, 4.69) is 0 Å². The second-order valence-corrected chi connectivity index (χ2v) is 4.61. The van der Waals surface area contributed by atoms with Gasteiger partial charge in [0.25, 0.3) is 0 Å². The Balaban J connectivity index is 2.28. The lowest BCUT2D eigenvalue weighted by atomic mass is 9.91. The van der Waals surface area contributed by atoms with E-state index in [0.29, 0.717) is 0 Å². The van der Waals surface area contributed by atoms with E-state index in [-0.39, 0.29) is 17.8 Å². The predicted molar refractivity (Wildman–Crippen MR) is 61.9 cm³/mol. The minimum Gasteiger partial charge on any atom is -0.395 e. The molecule has 16 heavy (non-hydrogen) atoms. The Hall–Kier alpha value is -1.41. The number of halogens is 1. The molecule has 2 aromatic rings. The van der Waals surface area contributed by atoms with Crippen molar-refractivity contribution in [1.82, 2.24) is 0 Å². The molecule has 82 valence electrons. The third-order valence-electron chi connectivity index (χ3n) is 3.57. The molecule has 0 unspecified atom stereocenters. The van der Waals surface area contributed by atoms with Gasteiger partial charge in [-0.15, -0.1) is 0 Å². The van der Waals surface area contributed by atoms with Crippen LogP contribution in [-0.4, -0.2) is 11.7 Å². The van der Waals surface area contributed by atoms with Crippen LogP contribution in [0.1, 0.15) is 18.4 Å². The van der Waals surface area contributed by atoms with E-state index < -0.39 is 0 Å². The largest absolute Gasteiger partial charge is 0.395 e. The fourth-order valence-corrected chi connectivity index (χ4v) is 2.37. The summed E-state index contributed by atoms with van der Waals surface area (Å²) >= 11 is 0. The molecule has 0 heterocycles. The lowest BCUT2D eigenvalue weighted by Crippen LogP contribution is -2.12. The van der Waals surface area contributed by atoms with Crippen LogP contribution in [0.4, 0.5) is 4.39 Å². The summed E-state index contributed by atoms with van der Waals surface area (Å²) in [6.07, 6.45) is 2.00. The van der Waals surface area contributed by atoms with Crippen molar-refractivity contribution in [1.29, 1.82) is 0 Å². The monoisotopic (exact) mass is 216 g/mol. The Bertz CT molecular complexity index is 543. The van der Waals surface area contributed by atoms with Crippen LogP contribution in [0.2, 0.25) is 0 Å². The van der Waals surface area contributed by atoms with Crippen molar-refractivity contribution in [3.63, 3.8) is 0 Å². The van der Waals surface area contributed by atoms with E-state index in [0.717, 1.165) is 29.2 Å². The minimum atomic E-state index is -0.214. The second kappa shape index (κ2) is 3.29. The summed E-state index contributed by atoms with van der Waals surface area (Å²) in [5, 5.41) is 11.4. The van der Waals surface area contributed by atoms with Crippen LogP contribution in [0.15, 0.2) is 36.4 Å². The SMILES string of the molecule is OCC1(c2cccc3ccc(F)cc23)CC1. The second-order valence-electron chi connectivity index (χ2n) is 4.61. The Labute approximate surface area is 93.5 Å². The van der Waals surface area contributed by atoms with Crippen LogP contribution in [0.25, 0.3) is 10.8 Å². The van der Waals surface area contributed by atoms with Gasteiger partial charge in [0.1, 0.15) is 5.82 Å². The highest BCUT2D eigenvalue weighted by Crippen LogP contribution is 2.49. The van der Waals surface area contributed by atoms with Crippen molar-refractivity contribution in [2.75, 3.05) is 6.61 Å². The fourth-order valence-electron chi connectivity index (χ4n) is 2.37. The van der Waals surface area contributed by atoms with Gasteiger partial charge >= 0.3 is 0 Å². The van der Waals surface area contributed by atoms with Crippen LogP contribution < -0.4 is 0 Å². The molecule has 0 amide bonds. The van der Waals surface area contributed by atoms with Crippen molar-refractivity contribution in [3.8, 4) is 0 Å². The van der Waals surface area contributed by atoms with Crippen LogP contribution >= 0.6 is 0 Å². The zero-order valence-corrected chi connectivity index (χ0v) is 8.91. The molecule has 2 aromatic carbocycles. The molecule has 0 bridgehead atoms. The highest BCUT2D eigenvalue weighted by atomic mass is 19.1. The third kappa shape index (κ3) is 1.34. The summed E-state index contributed by atoms with van der Waals surface area (Å²) in [4.78, 5) is 0. The van der Waals surface area contributed by atoms with Crippen molar-refractivity contribution < 1.29 is 9.50 Å². The van der Waals surface area contributed by atoms with Gasteiger partial charge in [-0.25, -0.2) is 4.39 Å². The smallest absolute Gasteiger partial charge is 0.123 e. The lowest BCUT2D eigenvalue weighted by Gasteiger charge is -2.15. The van der Waals surface area contributed by atoms with Crippen LogP contribution in [0.5, 0.6) is 0 Å². The normalized spacial score (nSPS) is 17.6. The molecule has 1 nitrogen and oxygen atoms in total. The maximum absolute atomic E-state index is 13.3. The highest BCUT2D eigenvalue weighted by Gasteiger charge is 2.44. The van der Waals surface area contributed by atoms with Crippen molar-refractivity contribution in [3.05, 3.63) is 47.8 Å². The lowest BCUT2D eigenvalue weighted by molar-refractivity contribution is 0.256.